The minimum absolute atomic E-state index is 2.07. The first-order valence-electron chi connectivity index (χ1n) is 2.57. The van der Waals surface area contributed by atoms with Gasteiger partial charge in [-0.15, -0.1) is 0 Å². The van der Waals surface area contributed by atoms with Gasteiger partial charge in [0.2, 0.25) is 0 Å². The molecule has 0 aromatic carbocycles. The summed E-state index contributed by atoms with van der Waals surface area (Å²) in [6.45, 7) is 0. The highest BCUT2D eigenvalue weighted by Gasteiger charge is 2.36. The monoisotopic (exact) mass is 248 g/mol. The van der Waals surface area contributed by atoms with Crippen LogP contribution in [0.4, 0.5) is 0 Å². The van der Waals surface area contributed by atoms with Gasteiger partial charge in [0.1, 0.15) is 0 Å². The molecule has 0 aromatic heterocycles. The van der Waals surface area contributed by atoms with Crippen LogP contribution in [-0.4, -0.2) is 28.8 Å². The first-order valence-corrected chi connectivity index (χ1v) is 5.23. The SMILES string of the molecule is O=C1OS(=O)(=O)OOS(=O)(=O)OC1=O. The van der Waals surface area contributed by atoms with Gasteiger partial charge in [0.05, 0.1) is 0 Å². The molecule has 0 aliphatic carbocycles. The molecule has 10 nitrogen and oxygen atoms in total. The lowest BCUT2D eigenvalue weighted by molar-refractivity contribution is -0.167. The highest BCUT2D eigenvalue weighted by molar-refractivity contribution is 7.84. The number of carbonyl (C=O) groups excluding carboxylic acids is 2. The summed E-state index contributed by atoms with van der Waals surface area (Å²) in [6.07, 6.45) is 0. The zero-order chi connectivity index (χ0) is 11.0. The summed E-state index contributed by atoms with van der Waals surface area (Å²) in [5.41, 5.74) is 0. The van der Waals surface area contributed by atoms with Crippen molar-refractivity contribution in [2.75, 3.05) is 0 Å². The Morgan fingerprint density at radius 3 is 1.29 bits per heavy atom. The van der Waals surface area contributed by atoms with E-state index in [1.165, 1.54) is 0 Å². The highest BCUT2D eigenvalue weighted by Crippen LogP contribution is 2.09. The smallest absolute Gasteiger partial charge is 0.313 e. The zero-order valence-electron chi connectivity index (χ0n) is 5.90. The van der Waals surface area contributed by atoms with E-state index in [0.717, 1.165) is 0 Å². The van der Waals surface area contributed by atoms with Crippen molar-refractivity contribution in [1.82, 2.24) is 0 Å². The van der Waals surface area contributed by atoms with Crippen molar-refractivity contribution in [2.24, 2.45) is 0 Å². The van der Waals surface area contributed by atoms with Crippen LogP contribution in [0.2, 0.25) is 0 Å². The molecule has 0 N–H and O–H groups in total. The molecule has 12 heteroatoms. The van der Waals surface area contributed by atoms with Crippen LogP contribution in [0.25, 0.3) is 0 Å². The molecule has 0 aromatic rings. The molecule has 1 heterocycles. The normalized spacial score (nSPS) is 25.4. The molecule has 0 amide bonds. The van der Waals surface area contributed by atoms with Gasteiger partial charge in [-0.3, -0.25) is 0 Å². The van der Waals surface area contributed by atoms with Crippen LogP contribution in [0.1, 0.15) is 0 Å². The molecule has 14 heavy (non-hydrogen) atoms. The van der Waals surface area contributed by atoms with Crippen LogP contribution in [0, 0.1) is 0 Å². The predicted molar refractivity (Wildman–Crippen MR) is 32.2 cm³/mol. The lowest BCUT2D eigenvalue weighted by Gasteiger charge is -2.07. The van der Waals surface area contributed by atoms with Crippen molar-refractivity contribution in [3.05, 3.63) is 0 Å². The van der Waals surface area contributed by atoms with Gasteiger partial charge >= 0.3 is 32.7 Å². The largest absolute Gasteiger partial charge is 0.480 e. The van der Waals surface area contributed by atoms with E-state index in [4.69, 9.17) is 0 Å². The molecular formula is C2O10S2. The molecule has 0 radical (unpaired) electrons. The minimum atomic E-state index is -5.05. The summed E-state index contributed by atoms with van der Waals surface area (Å²) < 4.78 is 54.6. The van der Waals surface area contributed by atoms with E-state index >= 15 is 0 Å². The summed E-state index contributed by atoms with van der Waals surface area (Å²) in [5, 5.41) is 0. The van der Waals surface area contributed by atoms with Gasteiger partial charge in [0, 0.05) is 0 Å². The van der Waals surface area contributed by atoms with Crippen molar-refractivity contribution in [2.45, 2.75) is 0 Å². The Bertz CT molecular complexity index is 418. The fourth-order valence-corrected chi connectivity index (χ4v) is 1.46. The summed E-state index contributed by atoms with van der Waals surface area (Å²) >= 11 is 0. The maximum atomic E-state index is 10.4. The summed E-state index contributed by atoms with van der Waals surface area (Å²) in [4.78, 5) is 20.8. The third kappa shape index (κ3) is 2.63. The molecule has 1 fully saturated rings. The first kappa shape index (κ1) is 10.8. The molecule has 0 unspecified atom stereocenters. The summed E-state index contributed by atoms with van der Waals surface area (Å²) in [5.74, 6) is -4.14. The van der Waals surface area contributed by atoms with Crippen molar-refractivity contribution < 1.29 is 43.5 Å². The molecule has 1 saturated heterocycles. The maximum absolute atomic E-state index is 10.4. The van der Waals surface area contributed by atoms with Gasteiger partial charge in [0.15, 0.2) is 0 Å². The van der Waals surface area contributed by atoms with E-state index in [0.29, 0.717) is 0 Å². The number of rotatable bonds is 0. The molecule has 1 aliphatic heterocycles. The van der Waals surface area contributed by atoms with Gasteiger partial charge in [-0.1, -0.05) is 8.67 Å². The molecule has 0 spiro atoms. The topological polar surface area (TPSA) is 139 Å². The Labute approximate surface area is 76.9 Å². The third-order valence-corrected chi connectivity index (χ3v) is 1.98. The molecule has 1 aliphatic rings. The van der Waals surface area contributed by atoms with Gasteiger partial charge < -0.3 is 8.37 Å². The fourth-order valence-electron chi connectivity index (χ4n) is 0.349. The van der Waals surface area contributed by atoms with E-state index in [1.807, 2.05) is 0 Å². The van der Waals surface area contributed by atoms with E-state index in [1.54, 1.807) is 0 Å². The lowest BCUT2D eigenvalue weighted by Crippen LogP contribution is -2.31. The molecule has 0 atom stereocenters. The Hall–Kier alpha value is -1.24. The molecule has 0 bridgehead atoms. The highest BCUT2D eigenvalue weighted by atomic mass is 32.3. The fraction of sp³-hybridized carbons (Fsp3) is 0. The maximum Gasteiger partial charge on any atom is 0.480 e. The van der Waals surface area contributed by atoms with E-state index in [2.05, 4.69) is 17.0 Å². The van der Waals surface area contributed by atoms with Crippen LogP contribution >= 0.6 is 0 Å². The third-order valence-electron chi connectivity index (χ3n) is 0.717. The second-order valence-corrected chi connectivity index (χ2v) is 3.93. The van der Waals surface area contributed by atoms with Gasteiger partial charge in [-0.05, 0) is 0 Å². The van der Waals surface area contributed by atoms with Crippen molar-refractivity contribution in [3.8, 4) is 0 Å². The van der Waals surface area contributed by atoms with Crippen molar-refractivity contribution in [1.29, 1.82) is 0 Å². The van der Waals surface area contributed by atoms with Crippen LogP contribution in [0.3, 0.4) is 0 Å². The van der Waals surface area contributed by atoms with E-state index in [-0.39, 0.29) is 0 Å². The molecule has 1 rings (SSSR count). The van der Waals surface area contributed by atoms with Gasteiger partial charge in [0.25, 0.3) is 0 Å². The second-order valence-electron chi connectivity index (χ2n) is 1.69. The first-order chi connectivity index (χ1) is 6.22. The second kappa shape index (κ2) is 3.16. The Kier molecular flexibility index (Phi) is 2.45. The molecule has 0 saturated carbocycles. The quantitative estimate of drug-likeness (QED) is 0.334. The van der Waals surface area contributed by atoms with Gasteiger partial charge in [-0.2, -0.15) is 16.8 Å². The van der Waals surface area contributed by atoms with E-state index in [9.17, 15) is 26.4 Å². The Morgan fingerprint density at radius 1 is 0.714 bits per heavy atom. The van der Waals surface area contributed by atoms with Crippen LogP contribution in [-0.2, 0) is 47.4 Å². The lowest BCUT2D eigenvalue weighted by atomic mass is 10.7. The molecular weight excluding hydrogens is 248 g/mol. The zero-order valence-corrected chi connectivity index (χ0v) is 7.53. The standard InChI is InChI=1S/C2O10S2/c3-1-2(4)10-14(7,8)12-11-13(5,6)9-1. The van der Waals surface area contributed by atoms with Crippen molar-refractivity contribution in [3.63, 3.8) is 0 Å². The summed E-state index contributed by atoms with van der Waals surface area (Å²) in [7, 11) is -10.1. The predicted octanol–water partition coefficient (Wildman–Crippen LogP) is -2.48. The average Bonchev–Trinajstić information content (AvgIpc) is 1.98. The minimum Gasteiger partial charge on any atom is -0.313 e. The Morgan fingerprint density at radius 2 is 1.00 bits per heavy atom. The number of hydrogen-bond acceptors (Lipinski definition) is 10. The average molecular weight is 248 g/mol. The molecule has 80 valence electrons. The van der Waals surface area contributed by atoms with Gasteiger partial charge in [-0.25, -0.2) is 9.59 Å². The number of carbonyl (C=O) groups is 2. The Balaban J connectivity index is 3.09. The van der Waals surface area contributed by atoms with E-state index < -0.39 is 32.7 Å². The summed E-state index contributed by atoms with van der Waals surface area (Å²) in [6, 6.07) is 0. The van der Waals surface area contributed by atoms with Crippen molar-refractivity contribution >= 4 is 32.7 Å². The number of hydrogen-bond donors (Lipinski definition) is 0. The van der Waals surface area contributed by atoms with Crippen LogP contribution in [0.5, 0.6) is 0 Å². The van der Waals surface area contributed by atoms with Crippen LogP contribution in [0.15, 0.2) is 0 Å². The van der Waals surface area contributed by atoms with Crippen LogP contribution < -0.4 is 0 Å².